The van der Waals surface area contributed by atoms with E-state index in [9.17, 15) is 4.79 Å². The summed E-state index contributed by atoms with van der Waals surface area (Å²) in [6, 6.07) is 33.5. The summed E-state index contributed by atoms with van der Waals surface area (Å²) in [5, 5.41) is 9.43. The lowest BCUT2D eigenvalue weighted by molar-refractivity contribution is 0.294. The monoisotopic (exact) mass is 667 g/mol. The first kappa shape index (κ1) is 31.6. The maximum Gasteiger partial charge on any atom is 0.291 e. The number of thiazole rings is 1. The second kappa shape index (κ2) is 14.4. The molecule has 0 saturated heterocycles. The van der Waals surface area contributed by atoms with Gasteiger partial charge in [-0.25, -0.2) is 4.68 Å². The Morgan fingerprint density at radius 3 is 2.43 bits per heavy atom. The third kappa shape index (κ3) is 7.14. The molecule has 0 aliphatic heterocycles. The number of aromatic nitrogens is 5. The van der Waals surface area contributed by atoms with Gasteiger partial charge in [-0.3, -0.25) is 4.79 Å². The number of para-hydroxylation sites is 1. The van der Waals surface area contributed by atoms with Gasteiger partial charge in [0.05, 0.1) is 23.9 Å². The highest BCUT2D eigenvalue weighted by Gasteiger charge is 2.15. The molecule has 3 aromatic heterocycles. The largest absolute Gasteiger partial charge is 0.493 e. The molecule has 10 heteroatoms. The van der Waals surface area contributed by atoms with E-state index in [1.54, 1.807) is 13.2 Å². The summed E-state index contributed by atoms with van der Waals surface area (Å²) < 4.78 is 21.0. The Labute approximate surface area is 287 Å². The van der Waals surface area contributed by atoms with E-state index in [1.165, 1.54) is 15.9 Å². The van der Waals surface area contributed by atoms with Crippen LogP contribution in [-0.2, 0) is 6.61 Å². The SMILES string of the molecule is CCCOc1ccc(/C=C/c2nc3s/c(=C\c4cn(-c5ccccc5)nc4-c4cccc(OCc5ccccc5)c4)c(=O)n3n2)cc1OC. The van der Waals surface area contributed by atoms with E-state index in [1.807, 2.05) is 126 Å². The number of fused-ring (bicyclic) bond motifs is 1. The minimum atomic E-state index is -0.246. The van der Waals surface area contributed by atoms with Crippen molar-refractivity contribution in [3.63, 3.8) is 0 Å². The third-order valence-corrected chi connectivity index (χ3v) is 8.64. The van der Waals surface area contributed by atoms with Crippen molar-refractivity contribution in [2.75, 3.05) is 13.7 Å². The van der Waals surface area contributed by atoms with E-state index in [0.29, 0.717) is 40.0 Å². The molecule has 0 saturated carbocycles. The highest BCUT2D eigenvalue weighted by Crippen LogP contribution is 2.30. The molecule has 0 bridgehead atoms. The highest BCUT2D eigenvalue weighted by atomic mass is 32.1. The Morgan fingerprint density at radius 2 is 1.65 bits per heavy atom. The summed E-state index contributed by atoms with van der Waals surface area (Å²) in [7, 11) is 1.62. The van der Waals surface area contributed by atoms with Gasteiger partial charge in [0.1, 0.15) is 18.1 Å². The summed E-state index contributed by atoms with van der Waals surface area (Å²) in [4.78, 5) is 18.7. The lowest BCUT2D eigenvalue weighted by atomic mass is 10.1. The summed E-state index contributed by atoms with van der Waals surface area (Å²) in [5.41, 5.74) is 5.01. The van der Waals surface area contributed by atoms with Crippen LogP contribution in [0, 0.1) is 0 Å². The van der Waals surface area contributed by atoms with Crippen molar-refractivity contribution in [3.05, 3.63) is 147 Å². The normalized spacial score (nSPS) is 11.8. The van der Waals surface area contributed by atoms with Gasteiger partial charge in [-0.05, 0) is 66.1 Å². The van der Waals surface area contributed by atoms with Crippen molar-refractivity contribution in [1.29, 1.82) is 0 Å². The van der Waals surface area contributed by atoms with Crippen molar-refractivity contribution in [2.24, 2.45) is 0 Å². The van der Waals surface area contributed by atoms with Gasteiger partial charge in [0, 0.05) is 17.3 Å². The number of nitrogens with zero attached hydrogens (tertiary/aromatic N) is 5. The van der Waals surface area contributed by atoms with Crippen LogP contribution in [0.15, 0.2) is 114 Å². The molecule has 0 radical (unpaired) electrons. The van der Waals surface area contributed by atoms with Crippen molar-refractivity contribution in [2.45, 2.75) is 20.0 Å². The molecule has 49 heavy (non-hydrogen) atoms. The molecule has 0 unspecified atom stereocenters. The zero-order chi connectivity index (χ0) is 33.6. The van der Waals surface area contributed by atoms with E-state index < -0.39 is 0 Å². The van der Waals surface area contributed by atoms with E-state index in [4.69, 9.17) is 19.3 Å². The standard InChI is InChI=1S/C39H33N5O4S/c1-3-21-47-33-19-17-27(22-34(33)46-2)18-20-36-40-39-44(41-36)38(45)35(49-39)24-30-25-43(31-14-8-5-9-15-31)42-37(30)29-13-10-16-32(23-29)48-26-28-11-6-4-7-12-28/h4-20,22-25H,3,21,26H2,1-2H3/b20-18+,35-24-. The van der Waals surface area contributed by atoms with Crippen molar-refractivity contribution >= 4 is 34.5 Å². The van der Waals surface area contributed by atoms with Crippen LogP contribution in [0.3, 0.4) is 0 Å². The zero-order valence-corrected chi connectivity index (χ0v) is 27.8. The Balaban J connectivity index is 1.19. The van der Waals surface area contributed by atoms with Crippen LogP contribution in [0.25, 0.3) is 40.1 Å². The van der Waals surface area contributed by atoms with Gasteiger partial charge in [0.15, 0.2) is 17.3 Å². The Bertz CT molecular complexity index is 2350. The number of methoxy groups -OCH3 is 1. The van der Waals surface area contributed by atoms with Gasteiger partial charge in [0.2, 0.25) is 4.96 Å². The molecule has 3 heterocycles. The molecule has 0 aliphatic rings. The number of rotatable bonds is 12. The van der Waals surface area contributed by atoms with Crippen LogP contribution in [-0.4, -0.2) is 38.1 Å². The van der Waals surface area contributed by atoms with Crippen molar-refractivity contribution in [3.8, 4) is 34.2 Å². The van der Waals surface area contributed by atoms with Gasteiger partial charge in [-0.15, -0.1) is 5.10 Å². The van der Waals surface area contributed by atoms with Gasteiger partial charge < -0.3 is 14.2 Å². The second-order valence-corrected chi connectivity index (χ2v) is 12.2. The van der Waals surface area contributed by atoms with E-state index in [-0.39, 0.29) is 5.56 Å². The summed E-state index contributed by atoms with van der Waals surface area (Å²) in [6.45, 7) is 3.13. The maximum atomic E-state index is 13.6. The number of hydrogen-bond donors (Lipinski definition) is 0. The first-order valence-corrected chi connectivity index (χ1v) is 16.7. The fraction of sp³-hybridized carbons (Fsp3) is 0.128. The number of ether oxygens (including phenoxy) is 3. The summed E-state index contributed by atoms with van der Waals surface area (Å²) in [6.07, 6.45) is 8.35. The molecule has 7 rings (SSSR count). The first-order chi connectivity index (χ1) is 24.1. The molecule has 0 amide bonds. The molecule has 0 N–H and O–H groups in total. The van der Waals surface area contributed by atoms with Crippen LogP contribution < -0.4 is 24.3 Å². The molecule has 0 spiro atoms. The Hall–Kier alpha value is -6.00. The third-order valence-electron chi connectivity index (χ3n) is 7.68. The molecule has 7 aromatic rings. The fourth-order valence-corrected chi connectivity index (χ4v) is 6.16. The lowest BCUT2D eigenvalue weighted by Gasteiger charge is -2.10. The number of benzene rings is 4. The molecule has 9 nitrogen and oxygen atoms in total. The summed E-state index contributed by atoms with van der Waals surface area (Å²) in [5.74, 6) is 2.51. The molecule has 0 fully saturated rings. The van der Waals surface area contributed by atoms with E-state index in [2.05, 4.69) is 17.0 Å². The van der Waals surface area contributed by atoms with Gasteiger partial charge >= 0.3 is 0 Å². The minimum Gasteiger partial charge on any atom is -0.493 e. The molecule has 0 atom stereocenters. The maximum absolute atomic E-state index is 13.6. The molecule has 4 aromatic carbocycles. The van der Waals surface area contributed by atoms with Gasteiger partial charge in [-0.2, -0.15) is 14.6 Å². The molecule has 0 aliphatic carbocycles. The van der Waals surface area contributed by atoms with Gasteiger partial charge in [-0.1, -0.05) is 91.1 Å². The lowest BCUT2D eigenvalue weighted by Crippen LogP contribution is -2.23. The number of hydrogen-bond acceptors (Lipinski definition) is 8. The predicted molar refractivity (Wildman–Crippen MR) is 193 cm³/mol. The molecule has 244 valence electrons. The van der Waals surface area contributed by atoms with Crippen LogP contribution in [0.4, 0.5) is 0 Å². The Morgan fingerprint density at radius 1 is 0.837 bits per heavy atom. The quantitative estimate of drug-likeness (QED) is 0.137. The Kier molecular flexibility index (Phi) is 9.29. The van der Waals surface area contributed by atoms with Gasteiger partial charge in [0.25, 0.3) is 5.56 Å². The van der Waals surface area contributed by atoms with Crippen molar-refractivity contribution < 1.29 is 14.2 Å². The van der Waals surface area contributed by atoms with Crippen LogP contribution >= 0.6 is 11.3 Å². The fourth-order valence-electron chi connectivity index (χ4n) is 5.25. The van der Waals surface area contributed by atoms with Crippen LogP contribution in [0.5, 0.6) is 17.2 Å². The van der Waals surface area contributed by atoms with E-state index >= 15 is 0 Å². The van der Waals surface area contributed by atoms with Crippen LogP contribution in [0.2, 0.25) is 0 Å². The zero-order valence-electron chi connectivity index (χ0n) is 27.0. The molecular weight excluding hydrogens is 635 g/mol. The predicted octanol–water partition coefficient (Wildman–Crippen LogP) is 7.10. The first-order valence-electron chi connectivity index (χ1n) is 15.9. The average molecular weight is 668 g/mol. The van der Waals surface area contributed by atoms with E-state index in [0.717, 1.165) is 45.8 Å². The second-order valence-electron chi connectivity index (χ2n) is 11.2. The summed E-state index contributed by atoms with van der Waals surface area (Å²) >= 11 is 1.28. The minimum absolute atomic E-state index is 0.246. The average Bonchev–Trinajstić information content (AvgIpc) is 3.84. The topological polar surface area (TPSA) is 92.8 Å². The highest BCUT2D eigenvalue weighted by molar-refractivity contribution is 7.15. The molecular formula is C39H33N5O4S. The smallest absolute Gasteiger partial charge is 0.291 e. The van der Waals surface area contributed by atoms with Crippen LogP contribution in [0.1, 0.15) is 35.9 Å². The van der Waals surface area contributed by atoms with Crippen molar-refractivity contribution in [1.82, 2.24) is 24.4 Å².